The van der Waals surface area contributed by atoms with E-state index in [1.165, 1.54) is 9.36 Å². The first kappa shape index (κ1) is 11.6. The van der Waals surface area contributed by atoms with Crippen LogP contribution >= 0.6 is 0 Å². The Hall–Kier alpha value is -1.91. The minimum atomic E-state index is -0.238. The van der Waals surface area contributed by atoms with Crippen molar-refractivity contribution in [2.75, 3.05) is 0 Å². The lowest BCUT2D eigenvalue weighted by Crippen LogP contribution is -2.22. The average Bonchev–Trinajstić information content (AvgIpc) is 2.92. The summed E-state index contributed by atoms with van der Waals surface area (Å²) in [6, 6.07) is 1.48. The molecule has 0 aromatic carbocycles. The van der Waals surface area contributed by atoms with Crippen LogP contribution in [0.15, 0.2) is 18.5 Å². The summed E-state index contributed by atoms with van der Waals surface area (Å²) < 4.78 is 2.71. The molecule has 0 saturated heterocycles. The van der Waals surface area contributed by atoms with E-state index in [0.717, 1.165) is 29.8 Å². The smallest absolute Gasteiger partial charge is 0.244 e. The van der Waals surface area contributed by atoms with E-state index in [9.17, 15) is 4.79 Å². The van der Waals surface area contributed by atoms with Gasteiger partial charge in [0.2, 0.25) is 0 Å². The lowest BCUT2D eigenvalue weighted by molar-refractivity contribution is 0.237. The molecule has 0 amide bonds. The Morgan fingerprint density at radius 3 is 2.76 bits per heavy atom. The predicted molar refractivity (Wildman–Crippen MR) is 64.1 cm³/mol. The summed E-state index contributed by atoms with van der Waals surface area (Å²) in [6.07, 6.45) is 5.20. The molecule has 17 heavy (non-hydrogen) atoms. The fourth-order valence-electron chi connectivity index (χ4n) is 1.95. The van der Waals surface area contributed by atoms with Crippen molar-refractivity contribution < 1.29 is 4.79 Å². The molecule has 5 nitrogen and oxygen atoms in total. The van der Waals surface area contributed by atoms with Gasteiger partial charge in [-0.25, -0.2) is 4.79 Å². The quantitative estimate of drug-likeness (QED) is 0.797. The topological polar surface area (TPSA) is 52.7 Å². The number of hydrogen-bond donors (Lipinski definition) is 0. The lowest BCUT2D eigenvalue weighted by Gasteiger charge is -2.03. The maximum absolute atomic E-state index is 12.1. The van der Waals surface area contributed by atoms with Crippen molar-refractivity contribution in [2.24, 2.45) is 0 Å². The largest absolute Gasteiger partial charge is 0.369 e. The van der Waals surface area contributed by atoms with Crippen LogP contribution in [-0.2, 0) is 6.42 Å². The van der Waals surface area contributed by atoms with Crippen molar-refractivity contribution in [2.45, 2.75) is 33.6 Å². The number of carbonyl (C=O) groups is 1. The second-order valence-electron chi connectivity index (χ2n) is 4.04. The molecule has 5 heteroatoms. The molecule has 2 rings (SSSR count). The molecule has 2 aromatic rings. The van der Waals surface area contributed by atoms with Gasteiger partial charge in [-0.05, 0) is 31.9 Å². The van der Waals surface area contributed by atoms with Gasteiger partial charge in [0.1, 0.15) is 0 Å². The SMILES string of the molecule is CCCc1c(C)nn(C(=O)n2cccn2)c1C. The molecule has 0 aliphatic carbocycles. The Morgan fingerprint density at radius 1 is 1.41 bits per heavy atom. The fourth-order valence-corrected chi connectivity index (χ4v) is 1.95. The molecule has 0 radical (unpaired) electrons. The fraction of sp³-hybridized carbons (Fsp3) is 0.417. The Balaban J connectivity index is 2.40. The van der Waals surface area contributed by atoms with Crippen LogP contribution in [0.4, 0.5) is 4.79 Å². The summed E-state index contributed by atoms with van der Waals surface area (Å²) in [5.74, 6) is 0. The van der Waals surface area contributed by atoms with Gasteiger partial charge < -0.3 is 0 Å². The molecule has 0 saturated carbocycles. The van der Waals surface area contributed by atoms with Gasteiger partial charge in [0.15, 0.2) is 0 Å². The van der Waals surface area contributed by atoms with Crippen molar-refractivity contribution in [3.05, 3.63) is 35.4 Å². The molecule has 0 aliphatic rings. The Labute approximate surface area is 100 Å². The monoisotopic (exact) mass is 232 g/mol. The van der Waals surface area contributed by atoms with Gasteiger partial charge in [0, 0.05) is 18.1 Å². The molecule has 0 fully saturated rings. The maximum Gasteiger partial charge on any atom is 0.369 e. The molecule has 2 aromatic heterocycles. The lowest BCUT2D eigenvalue weighted by atomic mass is 10.1. The third-order valence-electron chi connectivity index (χ3n) is 2.82. The normalized spacial score (nSPS) is 10.8. The third-order valence-corrected chi connectivity index (χ3v) is 2.82. The molecular formula is C12H16N4O. The van der Waals surface area contributed by atoms with Crippen LogP contribution in [-0.4, -0.2) is 25.6 Å². The minimum absolute atomic E-state index is 0.238. The zero-order chi connectivity index (χ0) is 12.4. The van der Waals surface area contributed by atoms with Crippen LogP contribution < -0.4 is 0 Å². The Bertz CT molecular complexity index is 525. The Morgan fingerprint density at radius 2 is 2.18 bits per heavy atom. The number of rotatable bonds is 2. The van der Waals surface area contributed by atoms with Gasteiger partial charge in [-0.1, -0.05) is 13.3 Å². The van der Waals surface area contributed by atoms with Crippen LogP contribution in [0.2, 0.25) is 0 Å². The summed E-state index contributed by atoms with van der Waals surface area (Å²) in [5.41, 5.74) is 2.99. The van der Waals surface area contributed by atoms with E-state index in [2.05, 4.69) is 17.1 Å². The highest BCUT2D eigenvalue weighted by Gasteiger charge is 2.17. The van der Waals surface area contributed by atoms with Gasteiger partial charge in [0.25, 0.3) is 0 Å². The third kappa shape index (κ3) is 2.00. The van der Waals surface area contributed by atoms with Gasteiger partial charge in [0.05, 0.1) is 5.69 Å². The number of aromatic nitrogens is 4. The molecule has 0 bridgehead atoms. The zero-order valence-corrected chi connectivity index (χ0v) is 10.3. The molecular weight excluding hydrogens is 216 g/mol. The predicted octanol–water partition coefficient (Wildman–Crippen LogP) is 2.17. The highest BCUT2D eigenvalue weighted by Crippen LogP contribution is 2.15. The second-order valence-corrected chi connectivity index (χ2v) is 4.04. The van der Waals surface area contributed by atoms with Crippen LogP contribution in [0.5, 0.6) is 0 Å². The van der Waals surface area contributed by atoms with Gasteiger partial charge >= 0.3 is 6.03 Å². The summed E-state index contributed by atoms with van der Waals surface area (Å²) in [4.78, 5) is 12.1. The average molecular weight is 232 g/mol. The molecule has 0 aliphatic heterocycles. The van der Waals surface area contributed by atoms with Crippen LogP contribution in [0, 0.1) is 13.8 Å². The van der Waals surface area contributed by atoms with E-state index in [-0.39, 0.29) is 6.03 Å². The molecule has 2 heterocycles. The first-order valence-electron chi connectivity index (χ1n) is 5.74. The van der Waals surface area contributed by atoms with Gasteiger partial charge in [-0.3, -0.25) is 0 Å². The van der Waals surface area contributed by atoms with Crippen molar-refractivity contribution >= 4 is 6.03 Å². The summed E-state index contributed by atoms with van der Waals surface area (Å²) >= 11 is 0. The van der Waals surface area contributed by atoms with E-state index in [0.29, 0.717) is 0 Å². The minimum Gasteiger partial charge on any atom is -0.244 e. The molecule has 0 N–H and O–H groups in total. The van der Waals surface area contributed by atoms with E-state index >= 15 is 0 Å². The molecule has 90 valence electrons. The number of hydrogen-bond acceptors (Lipinski definition) is 3. The number of carbonyl (C=O) groups excluding carboxylic acids is 1. The molecule has 0 unspecified atom stereocenters. The highest BCUT2D eigenvalue weighted by atomic mass is 16.2. The number of nitrogens with zero attached hydrogens (tertiary/aromatic N) is 4. The van der Waals surface area contributed by atoms with E-state index in [1.54, 1.807) is 18.5 Å². The van der Waals surface area contributed by atoms with Crippen molar-refractivity contribution in [3.63, 3.8) is 0 Å². The summed E-state index contributed by atoms with van der Waals surface area (Å²) in [6.45, 7) is 5.97. The van der Waals surface area contributed by atoms with Crippen LogP contribution in [0.3, 0.4) is 0 Å². The van der Waals surface area contributed by atoms with E-state index in [1.807, 2.05) is 13.8 Å². The van der Waals surface area contributed by atoms with Crippen LogP contribution in [0.25, 0.3) is 0 Å². The number of aryl methyl sites for hydroxylation is 1. The van der Waals surface area contributed by atoms with E-state index < -0.39 is 0 Å². The first-order valence-corrected chi connectivity index (χ1v) is 5.74. The van der Waals surface area contributed by atoms with Crippen molar-refractivity contribution in [1.29, 1.82) is 0 Å². The van der Waals surface area contributed by atoms with E-state index in [4.69, 9.17) is 0 Å². The Kier molecular flexibility index (Phi) is 3.08. The van der Waals surface area contributed by atoms with Crippen molar-refractivity contribution in [3.8, 4) is 0 Å². The molecule has 0 spiro atoms. The molecule has 0 atom stereocenters. The standard InChI is InChI=1S/C12H16N4O/c1-4-6-11-9(2)14-16(10(11)3)12(17)15-8-5-7-13-15/h5,7-8H,4,6H2,1-3H3. The van der Waals surface area contributed by atoms with Gasteiger partial charge in [-0.15, -0.1) is 0 Å². The first-order chi connectivity index (χ1) is 8.15. The highest BCUT2D eigenvalue weighted by molar-refractivity contribution is 5.78. The summed E-state index contributed by atoms with van der Waals surface area (Å²) in [7, 11) is 0. The van der Waals surface area contributed by atoms with Crippen LogP contribution in [0.1, 0.15) is 30.3 Å². The van der Waals surface area contributed by atoms with Crippen molar-refractivity contribution in [1.82, 2.24) is 19.6 Å². The maximum atomic E-state index is 12.1. The second kappa shape index (κ2) is 4.53. The summed E-state index contributed by atoms with van der Waals surface area (Å²) in [5, 5.41) is 8.22. The van der Waals surface area contributed by atoms with Gasteiger partial charge in [-0.2, -0.15) is 19.6 Å². The zero-order valence-electron chi connectivity index (χ0n) is 10.3.